The van der Waals surface area contributed by atoms with E-state index in [-0.39, 0.29) is 10.8 Å². The Morgan fingerprint density at radius 1 is 1.29 bits per heavy atom. The molecule has 8 heteroatoms. The Morgan fingerprint density at radius 3 is 2.67 bits per heavy atom. The normalized spacial score (nSPS) is 17.3. The number of pyridine rings is 1. The van der Waals surface area contributed by atoms with Crippen molar-refractivity contribution in [1.29, 1.82) is 0 Å². The minimum Gasteiger partial charge on any atom is -0.345 e. The zero-order chi connectivity index (χ0) is 15.0. The van der Waals surface area contributed by atoms with Crippen LogP contribution in [0.25, 0.3) is 11.0 Å². The maximum absolute atomic E-state index is 12.7. The van der Waals surface area contributed by atoms with Crippen molar-refractivity contribution in [3.8, 4) is 0 Å². The summed E-state index contributed by atoms with van der Waals surface area (Å²) in [6.45, 7) is 2.98. The molecule has 0 unspecified atom stereocenters. The van der Waals surface area contributed by atoms with Crippen LogP contribution in [0, 0.1) is 0 Å². The molecule has 1 N–H and O–H groups in total. The van der Waals surface area contributed by atoms with Gasteiger partial charge in [-0.25, -0.2) is 13.4 Å². The molecule has 21 heavy (non-hydrogen) atoms. The molecule has 0 radical (unpaired) electrons. The van der Waals surface area contributed by atoms with E-state index in [1.807, 2.05) is 0 Å². The van der Waals surface area contributed by atoms with Crippen molar-refractivity contribution in [3.63, 3.8) is 0 Å². The lowest BCUT2D eigenvalue weighted by Gasteiger charge is -2.33. The standard InChI is InChI=1S/C13H16N4O3S/c1-10(18)16-5-7-17(8-6-16)21(19,20)12-9-15-13-11(12)3-2-4-14-13/h2-4,9H,5-8H2,1H3,(H,14,15). The topological polar surface area (TPSA) is 86.4 Å². The van der Waals surface area contributed by atoms with Gasteiger partial charge in [-0.1, -0.05) is 0 Å². The molecular formula is C13H16N4O3S. The summed E-state index contributed by atoms with van der Waals surface area (Å²) in [5.74, 6) is -0.0247. The Hall–Kier alpha value is -1.93. The van der Waals surface area contributed by atoms with Gasteiger partial charge in [-0.05, 0) is 12.1 Å². The molecule has 112 valence electrons. The summed E-state index contributed by atoms with van der Waals surface area (Å²) in [7, 11) is -3.57. The van der Waals surface area contributed by atoms with Gasteiger partial charge in [0.05, 0.1) is 0 Å². The number of fused-ring (bicyclic) bond motifs is 1. The van der Waals surface area contributed by atoms with Crippen LogP contribution in [-0.2, 0) is 14.8 Å². The third-order valence-corrected chi connectivity index (χ3v) is 5.65. The van der Waals surface area contributed by atoms with E-state index >= 15 is 0 Å². The van der Waals surface area contributed by atoms with E-state index in [2.05, 4.69) is 9.97 Å². The number of carbonyl (C=O) groups is 1. The van der Waals surface area contributed by atoms with Crippen molar-refractivity contribution in [1.82, 2.24) is 19.2 Å². The second-order valence-electron chi connectivity index (χ2n) is 4.96. The lowest BCUT2D eigenvalue weighted by Crippen LogP contribution is -2.49. The van der Waals surface area contributed by atoms with Gasteiger partial charge >= 0.3 is 0 Å². The molecule has 0 atom stereocenters. The van der Waals surface area contributed by atoms with E-state index in [0.29, 0.717) is 37.2 Å². The predicted molar refractivity (Wildman–Crippen MR) is 77.1 cm³/mol. The van der Waals surface area contributed by atoms with Crippen molar-refractivity contribution in [2.24, 2.45) is 0 Å². The third kappa shape index (κ3) is 2.40. The Morgan fingerprint density at radius 2 is 2.00 bits per heavy atom. The van der Waals surface area contributed by atoms with E-state index in [9.17, 15) is 13.2 Å². The highest BCUT2D eigenvalue weighted by molar-refractivity contribution is 7.89. The molecule has 2 aromatic heterocycles. The largest absolute Gasteiger partial charge is 0.345 e. The highest BCUT2D eigenvalue weighted by atomic mass is 32.2. The molecule has 1 saturated heterocycles. The van der Waals surface area contributed by atoms with Crippen LogP contribution in [0.3, 0.4) is 0 Å². The number of H-pyrrole nitrogens is 1. The maximum atomic E-state index is 12.7. The Kier molecular flexibility index (Phi) is 3.42. The van der Waals surface area contributed by atoms with E-state index in [1.165, 1.54) is 17.4 Å². The minimum absolute atomic E-state index is 0.0247. The van der Waals surface area contributed by atoms with Crippen LogP contribution in [0.5, 0.6) is 0 Å². The number of hydrogen-bond acceptors (Lipinski definition) is 4. The molecule has 0 saturated carbocycles. The van der Waals surface area contributed by atoms with Crippen LogP contribution >= 0.6 is 0 Å². The highest BCUT2D eigenvalue weighted by Crippen LogP contribution is 2.25. The first-order valence-electron chi connectivity index (χ1n) is 6.68. The fraction of sp³-hybridized carbons (Fsp3) is 0.385. The lowest BCUT2D eigenvalue weighted by atomic mass is 10.3. The zero-order valence-electron chi connectivity index (χ0n) is 11.6. The van der Waals surface area contributed by atoms with Crippen LogP contribution in [-0.4, -0.2) is 59.7 Å². The maximum Gasteiger partial charge on any atom is 0.245 e. The van der Waals surface area contributed by atoms with Gasteiger partial charge in [0.25, 0.3) is 0 Å². The van der Waals surface area contributed by atoms with Gasteiger partial charge in [0.15, 0.2) is 0 Å². The molecule has 1 aliphatic rings. The average molecular weight is 308 g/mol. The van der Waals surface area contributed by atoms with Crippen molar-refractivity contribution in [3.05, 3.63) is 24.5 Å². The minimum atomic E-state index is -3.57. The second-order valence-corrected chi connectivity index (χ2v) is 6.87. The van der Waals surface area contributed by atoms with E-state index in [1.54, 1.807) is 23.2 Å². The first-order valence-corrected chi connectivity index (χ1v) is 8.12. The van der Waals surface area contributed by atoms with Crippen LogP contribution < -0.4 is 0 Å². The van der Waals surface area contributed by atoms with Gasteiger partial charge in [0.1, 0.15) is 10.5 Å². The quantitative estimate of drug-likeness (QED) is 0.871. The van der Waals surface area contributed by atoms with Crippen LogP contribution in [0.2, 0.25) is 0 Å². The summed E-state index contributed by atoms with van der Waals surface area (Å²) in [5, 5.41) is 0.589. The number of aromatic amines is 1. The molecule has 2 aromatic rings. The van der Waals surface area contributed by atoms with Crippen molar-refractivity contribution in [2.75, 3.05) is 26.2 Å². The van der Waals surface area contributed by atoms with Gasteiger partial charge in [-0.2, -0.15) is 4.31 Å². The van der Waals surface area contributed by atoms with E-state index < -0.39 is 10.0 Å². The van der Waals surface area contributed by atoms with Gasteiger partial charge in [0, 0.05) is 50.9 Å². The lowest BCUT2D eigenvalue weighted by molar-refractivity contribution is -0.129. The van der Waals surface area contributed by atoms with Gasteiger partial charge in [-0.15, -0.1) is 0 Å². The number of carbonyl (C=O) groups excluding carboxylic acids is 1. The monoisotopic (exact) mass is 308 g/mol. The summed E-state index contributed by atoms with van der Waals surface area (Å²) in [5.41, 5.74) is 0.554. The van der Waals surface area contributed by atoms with Crippen LogP contribution in [0.15, 0.2) is 29.4 Å². The summed E-state index contributed by atoms with van der Waals surface area (Å²) in [6.07, 6.45) is 3.09. The third-order valence-electron chi connectivity index (χ3n) is 3.71. The van der Waals surface area contributed by atoms with Gasteiger partial charge in [-0.3, -0.25) is 4.79 Å². The van der Waals surface area contributed by atoms with E-state index in [4.69, 9.17) is 0 Å². The van der Waals surface area contributed by atoms with Crippen molar-refractivity contribution < 1.29 is 13.2 Å². The highest BCUT2D eigenvalue weighted by Gasteiger charge is 2.31. The van der Waals surface area contributed by atoms with Crippen LogP contribution in [0.1, 0.15) is 6.92 Å². The Balaban J connectivity index is 1.90. The predicted octanol–water partition coefficient (Wildman–Crippen LogP) is 0.416. The fourth-order valence-corrected chi connectivity index (χ4v) is 4.10. The van der Waals surface area contributed by atoms with Crippen molar-refractivity contribution >= 4 is 27.0 Å². The summed E-state index contributed by atoms with van der Waals surface area (Å²) >= 11 is 0. The molecule has 0 aromatic carbocycles. The molecule has 1 aliphatic heterocycles. The first kappa shape index (κ1) is 14.0. The number of piperazine rings is 1. The summed E-state index contributed by atoms with van der Waals surface area (Å²) < 4.78 is 26.8. The molecule has 7 nitrogen and oxygen atoms in total. The molecule has 1 fully saturated rings. The SMILES string of the molecule is CC(=O)N1CCN(S(=O)(=O)c2c[nH]c3ncccc23)CC1. The number of aromatic nitrogens is 2. The summed E-state index contributed by atoms with van der Waals surface area (Å²) in [4.78, 5) is 20.2. The number of nitrogens with one attached hydrogen (secondary N) is 1. The smallest absolute Gasteiger partial charge is 0.245 e. The Bertz CT molecular complexity index is 776. The Labute approximate surface area is 122 Å². The number of hydrogen-bond donors (Lipinski definition) is 1. The first-order chi connectivity index (χ1) is 10.00. The molecule has 0 aliphatic carbocycles. The zero-order valence-corrected chi connectivity index (χ0v) is 12.4. The molecule has 1 amide bonds. The number of nitrogens with zero attached hydrogens (tertiary/aromatic N) is 3. The number of amides is 1. The average Bonchev–Trinajstić information content (AvgIpc) is 2.92. The van der Waals surface area contributed by atoms with Crippen molar-refractivity contribution in [2.45, 2.75) is 11.8 Å². The van der Waals surface area contributed by atoms with E-state index in [0.717, 1.165) is 0 Å². The number of rotatable bonds is 2. The molecular weight excluding hydrogens is 292 g/mol. The number of sulfonamides is 1. The van der Waals surface area contributed by atoms with Crippen LogP contribution in [0.4, 0.5) is 0 Å². The molecule has 0 bridgehead atoms. The van der Waals surface area contributed by atoms with Gasteiger partial charge < -0.3 is 9.88 Å². The fourth-order valence-electron chi connectivity index (χ4n) is 2.53. The molecule has 0 spiro atoms. The molecule has 3 heterocycles. The molecule has 3 rings (SSSR count). The summed E-state index contributed by atoms with van der Waals surface area (Å²) in [6, 6.07) is 3.44. The second kappa shape index (κ2) is 5.12. The van der Waals surface area contributed by atoms with Gasteiger partial charge in [0.2, 0.25) is 15.9 Å².